The van der Waals surface area contributed by atoms with Crippen LogP contribution in [-0.4, -0.2) is 48.1 Å². The average molecular weight is 484 g/mol. The maximum Gasteiger partial charge on any atom is 0.405 e. The molecule has 3 N–H and O–H groups in total. The van der Waals surface area contributed by atoms with Crippen LogP contribution in [-0.2, 0) is 4.79 Å². The minimum atomic E-state index is -4.56. The quantitative estimate of drug-likeness (QED) is 0.412. The van der Waals surface area contributed by atoms with Crippen molar-refractivity contribution in [1.82, 2.24) is 34.8 Å². The Morgan fingerprint density at radius 1 is 1.33 bits per heavy atom. The van der Waals surface area contributed by atoms with Crippen molar-refractivity contribution in [2.45, 2.75) is 19.1 Å². The Labute approximate surface area is 173 Å². The fourth-order valence-corrected chi connectivity index (χ4v) is 3.35. The van der Waals surface area contributed by atoms with E-state index in [4.69, 9.17) is 0 Å². The third kappa shape index (κ3) is 3.67. The number of hydrogen-bond donors (Lipinski definition) is 3. The molecule has 4 rings (SSSR count). The number of nitrogens with zero attached hydrogens (tertiary/aromatic N) is 4. The van der Waals surface area contributed by atoms with E-state index in [1.165, 1.54) is 13.1 Å². The third-order valence-corrected chi connectivity index (χ3v) is 4.86. The summed E-state index contributed by atoms with van der Waals surface area (Å²) >= 11 is 3.35. The van der Waals surface area contributed by atoms with Gasteiger partial charge in [-0.15, -0.1) is 0 Å². The molecule has 0 saturated carbocycles. The first-order chi connectivity index (χ1) is 14.1. The first-order valence-corrected chi connectivity index (χ1v) is 9.38. The molecule has 9 nitrogen and oxygen atoms in total. The molecule has 0 aliphatic rings. The highest BCUT2D eigenvalue weighted by Crippen LogP contribution is 2.28. The maximum absolute atomic E-state index is 12.4. The molecule has 30 heavy (non-hydrogen) atoms. The molecule has 1 unspecified atom stereocenters. The summed E-state index contributed by atoms with van der Waals surface area (Å²) < 4.78 is 38.9. The predicted octanol–water partition coefficient (Wildman–Crippen LogP) is 2.66. The van der Waals surface area contributed by atoms with E-state index in [9.17, 15) is 22.8 Å². The summed E-state index contributed by atoms with van der Waals surface area (Å²) in [6.07, 6.45) is 0.0886. The summed E-state index contributed by atoms with van der Waals surface area (Å²) in [4.78, 5) is 42.9. The van der Waals surface area contributed by atoms with Crippen LogP contribution < -0.4 is 11.0 Å². The second-order valence-corrected chi connectivity index (χ2v) is 7.41. The summed E-state index contributed by atoms with van der Waals surface area (Å²) in [6, 6.07) is 0.592. The molecular formula is C17H13BrF3N7O2. The summed E-state index contributed by atoms with van der Waals surface area (Å²) in [5.41, 5.74) is 0.864. The standard InChI is InChI=1S/C17H13BrF3N7O2/c1-7(15(29)25-6-17(19,20)21)28-14-11(26-16(28)30)5-24-13(27-14)10-4-23-12-9(10)2-8(18)3-22-12/h2-5,7H,6H2,1H3,(H,22,23)(H,25,29)(H,26,30). The number of aromatic amines is 2. The Kier molecular flexibility index (Phi) is 4.84. The zero-order chi connectivity index (χ0) is 21.6. The Morgan fingerprint density at radius 2 is 2.10 bits per heavy atom. The molecule has 0 bridgehead atoms. The van der Waals surface area contributed by atoms with Crippen molar-refractivity contribution < 1.29 is 18.0 Å². The zero-order valence-corrected chi connectivity index (χ0v) is 16.8. The molecule has 156 valence electrons. The van der Waals surface area contributed by atoms with Crippen LogP contribution in [0.2, 0.25) is 0 Å². The van der Waals surface area contributed by atoms with E-state index in [0.717, 1.165) is 14.4 Å². The average Bonchev–Trinajstić information content (AvgIpc) is 3.24. The van der Waals surface area contributed by atoms with E-state index in [1.54, 1.807) is 17.7 Å². The van der Waals surface area contributed by atoms with Gasteiger partial charge in [-0.1, -0.05) is 0 Å². The van der Waals surface area contributed by atoms with Gasteiger partial charge >= 0.3 is 11.9 Å². The molecule has 4 heterocycles. The molecule has 4 aromatic heterocycles. The summed E-state index contributed by atoms with van der Waals surface area (Å²) in [7, 11) is 0. The van der Waals surface area contributed by atoms with E-state index < -0.39 is 30.4 Å². The fourth-order valence-electron chi connectivity index (χ4n) is 3.02. The lowest BCUT2D eigenvalue weighted by atomic mass is 10.2. The van der Waals surface area contributed by atoms with E-state index in [0.29, 0.717) is 11.2 Å². The first kappa shape index (κ1) is 20.1. The molecule has 0 spiro atoms. The lowest BCUT2D eigenvalue weighted by molar-refractivity contribution is -0.140. The fraction of sp³-hybridized carbons (Fsp3) is 0.235. The van der Waals surface area contributed by atoms with Gasteiger partial charge in [0.2, 0.25) is 5.91 Å². The first-order valence-electron chi connectivity index (χ1n) is 8.59. The number of imidazole rings is 1. The second-order valence-electron chi connectivity index (χ2n) is 6.49. The van der Waals surface area contributed by atoms with Crippen LogP contribution >= 0.6 is 15.9 Å². The Bertz CT molecular complexity index is 1320. The van der Waals surface area contributed by atoms with Gasteiger partial charge in [0.25, 0.3) is 0 Å². The highest BCUT2D eigenvalue weighted by Gasteiger charge is 2.30. The van der Waals surface area contributed by atoms with Gasteiger partial charge in [0.15, 0.2) is 11.5 Å². The molecule has 4 aromatic rings. The number of rotatable bonds is 4. The highest BCUT2D eigenvalue weighted by molar-refractivity contribution is 9.10. The van der Waals surface area contributed by atoms with Gasteiger partial charge in [0.1, 0.15) is 23.8 Å². The number of carbonyl (C=O) groups excluding carboxylic acids is 1. The van der Waals surface area contributed by atoms with Gasteiger partial charge in [-0.3, -0.25) is 9.36 Å². The van der Waals surface area contributed by atoms with E-state index in [1.807, 2.05) is 6.07 Å². The zero-order valence-electron chi connectivity index (χ0n) is 15.2. The number of alkyl halides is 3. The van der Waals surface area contributed by atoms with E-state index in [-0.39, 0.29) is 17.0 Å². The van der Waals surface area contributed by atoms with Crippen LogP contribution in [0.1, 0.15) is 13.0 Å². The van der Waals surface area contributed by atoms with Gasteiger partial charge in [0.05, 0.1) is 6.20 Å². The van der Waals surface area contributed by atoms with Crippen molar-refractivity contribution in [1.29, 1.82) is 0 Å². The van der Waals surface area contributed by atoms with Crippen LogP contribution in [0.25, 0.3) is 33.6 Å². The van der Waals surface area contributed by atoms with Gasteiger partial charge < -0.3 is 15.3 Å². The van der Waals surface area contributed by atoms with Crippen molar-refractivity contribution >= 4 is 44.0 Å². The van der Waals surface area contributed by atoms with E-state index >= 15 is 0 Å². The molecule has 0 radical (unpaired) electrons. The number of halogens is 4. The number of amides is 1. The van der Waals surface area contributed by atoms with Crippen molar-refractivity contribution in [3.63, 3.8) is 0 Å². The van der Waals surface area contributed by atoms with Crippen LogP contribution in [0.5, 0.6) is 0 Å². The van der Waals surface area contributed by atoms with Crippen molar-refractivity contribution in [3.8, 4) is 11.4 Å². The molecule has 13 heteroatoms. The number of fused-ring (bicyclic) bond motifs is 2. The SMILES string of the molecule is CC(C(=O)NCC(F)(F)F)n1c(=O)[nH]c2cnc(-c3c[nH]c4ncc(Br)cc34)nc21. The van der Waals surface area contributed by atoms with Crippen LogP contribution in [0.4, 0.5) is 13.2 Å². The van der Waals surface area contributed by atoms with Crippen molar-refractivity contribution in [3.05, 3.63) is 39.6 Å². The second kappa shape index (κ2) is 7.23. The molecule has 0 aromatic carbocycles. The molecule has 0 aliphatic carbocycles. The highest BCUT2D eigenvalue weighted by atomic mass is 79.9. The lowest BCUT2D eigenvalue weighted by Gasteiger charge is -2.14. The number of aromatic nitrogens is 6. The van der Waals surface area contributed by atoms with E-state index in [2.05, 4.69) is 40.8 Å². The Hall–Kier alpha value is -3.22. The van der Waals surface area contributed by atoms with Gasteiger partial charge in [0, 0.05) is 27.8 Å². The predicted molar refractivity (Wildman–Crippen MR) is 105 cm³/mol. The van der Waals surface area contributed by atoms with Gasteiger partial charge in [-0.05, 0) is 28.9 Å². The van der Waals surface area contributed by atoms with Crippen molar-refractivity contribution in [2.24, 2.45) is 0 Å². The molecule has 0 aliphatic heterocycles. The molecule has 1 atom stereocenters. The number of H-pyrrole nitrogens is 2. The van der Waals surface area contributed by atoms with Crippen LogP contribution in [0, 0.1) is 0 Å². The normalized spacial score (nSPS) is 13.1. The topological polar surface area (TPSA) is 121 Å². The van der Waals surface area contributed by atoms with Crippen LogP contribution in [0.15, 0.2) is 33.9 Å². The van der Waals surface area contributed by atoms with Gasteiger partial charge in [-0.25, -0.2) is 19.7 Å². The maximum atomic E-state index is 12.4. The van der Waals surface area contributed by atoms with Crippen LogP contribution in [0.3, 0.4) is 0 Å². The number of carbonyl (C=O) groups is 1. The van der Waals surface area contributed by atoms with Gasteiger partial charge in [-0.2, -0.15) is 13.2 Å². The summed E-state index contributed by atoms with van der Waals surface area (Å²) in [5.74, 6) is -0.708. The minimum absolute atomic E-state index is 0.0944. The number of nitrogens with one attached hydrogen (secondary N) is 3. The smallest absolute Gasteiger partial charge is 0.345 e. The summed E-state index contributed by atoms with van der Waals surface area (Å²) in [6.45, 7) is -0.181. The van der Waals surface area contributed by atoms with Crippen molar-refractivity contribution in [2.75, 3.05) is 6.54 Å². The lowest BCUT2D eigenvalue weighted by Crippen LogP contribution is -2.39. The number of hydrogen-bond acceptors (Lipinski definition) is 5. The third-order valence-electron chi connectivity index (χ3n) is 4.43. The monoisotopic (exact) mass is 483 g/mol. The Balaban J connectivity index is 1.77. The largest absolute Gasteiger partial charge is 0.405 e. The molecule has 0 fully saturated rings. The number of pyridine rings is 1. The summed E-state index contributed by atoms with van der Waals surface area (Å²) in [5, 5.41) is 2.50. The molecule has 1 amide bonds. The molecule has 0 saturated heterocycles. The Morgan fingerprint density at radius 3 is 2.83 bits per heavy atom. The molecular weight excluding hydrogens is 471 g/mol. The minimum Gasteiger partial charge on any atom is -0.345 e.